The van der Waals surface area contributed by atoms with Crippen molar-refractivity contribution in [1.29, 1.82) is 0 Å². The third-order valence-electron chi connectivity index (χ3n) is 4.73. The third kappa shape index (κ3) is 5.03. The second-order valence-electron chi connectivity index (χ2n) is 6.70. The van der Waals surface area contributed by atoms with Crippen molar-refractivity contribution in [3.63, 3.8) is 0 Å². The summed E-state index contributed by atoms with van der Waals surface area (Å²) in [5, 5.41) is 12.6. The first-order chi connectivity index (χ1) is 15.6. The molecule has 3 heterocycles. The van der Waals surface area contributed by atoms with Crippen molar-refractivity contribution < 1.29 is 8.78 Å². The van der Waals surface area contributed by atoms with E-state index in [1.807, 2.05) is 26.0 Å². The van der Waals surface area contributed by atoms with Crippen LogP contribution in [0.5, 0.6) is 0 Å². The number of nitrogens with zero attached hydrogens (tertiary/aromatic N) is 4. The van der Waals surface area contributed by atoms with Crippen LogP contribution in [0.1, 0.15) is 37.4 Å². The molecule has 0 radical (unpaired) electrons. The zero-order valence-corrected chi connectivity index (χ0v) is 19.1. The number of thiophene rings is 1. The van der Waals surface area contributed by atoms with Gasteiger partial charge in [0.1, 0.15) is 11.5 Å². The Morgan fingerprint density at radius 3 is 2.81 bits per heavy atom. The van der Waals surface area contributed by atoms with E-state index in [2.05, 4.69) is 39.2 Å². The minimum Gasteiger partial charge on any atom is -0.382 e. The monoisotopic (exact) mass is 459 g/mol. The Morgan fingerprint density at radius 1 is 1.22 bits per heavy atom. The maximum absolute atomic E-state index is 14.3. The van der Waals surface area contributed by atoms with Gasteiger partial charge in [-0.2, -0.15) is 5.53 Å². The molecule has 0 fully saturated rings. The zero-order valence-electron chi connectivity index (χ0n) is 18.3. The molecule has 3 aromatic rings. The molecule has 1 atom stereocenters. The highest BCUT2D eigenvalue weighted by molar-refractivity contribution is 7.15. The Morgan fingerprint density at radius 2 is 2.03 bits per heavy atom. The number of benzene rings is 1. The number of pyridine rings is 1. The molecule has 1 unspecified atom stereocenters. The first kappa shape index (κ1) is 23.6. The Balaban J connectivity index is 0.00000141. The molecule has 0 saturated carbocycles. The summed E-state index contributed by atoms with van der Waals surface area (Å²) in [5.74, 6) is -1.69. The van der Waals surface area contributed by atoms with Crippen molar-refractivity contribution >= 4 is 22.8 Å². The van der Waals surface area contributed by atoms with Gasteiger partial charge in [0, 0.05) is 27.1 Å². The second-order valence-corrected chi connectivity index (χ2v) is 7.87. The Bertz CT molecular complexity index is 1070. The first-order valence-corrected chi connectivity index (χ1v) is 11.3. The van der Waals surface area contributed by atoms with Crippen LogP contribution in [0.2, 0.25) is 0 Å². The van der Waals surface area contributed by atoms with Crippen LogP contribution in [0.3, 0.4) is 0 Å². The number of nitrogens with two attached hydrogens (primary N) is 1. The number of hydrazine groups is 1. The summed E-state index contributed by atoms with van der Waals surface area (Å²) in [6, 6.07) is 9.93. The quantitative estimate of drug-likeness (QED) is 0.421. The van der Waals surface area contributed by atoms with E-state index >= 15 is 0 Å². The van der Waals surface area contributed by atoms with Crippen LogP contribution in [-0.2, 0) is 6.42 Å². The largest absolute Gasteiger partial charge is 0.382 e. The van der Waals surface area contributed by atoms with Crippen molar-refractivity contribution in [2.45, 2.75) is 33.4 Å². The van der Waals surface area contributed by atoms with Gasteiger partial charge in [-0.1, -0.05) is 38.1 Å². The average Bonchev–Trinajstić information content (AvgIpc) is 3.48. The SMILES string of the molecule is CC.CCNCCc1ccc(-c2cnc(N)c(N3NN=NC3c3cccc(F)c3F)c2)s1. The Labute approximate surface area is 190 Å². The number of hydrogen-bond acceptors (Lipinski definition) is 8. The van der Waals surface area contributed by atoms with Gasteiger partial charge < -0.3 is 11.1 Å². The summed E-state index contributed by atoms with van der Waals surface area (Å²) in [4.78, 5) is 6.59. The van der Waals surface area contributed by atoms with Crippen LogP contribution in [0.4, 0.5) is 20.3 Å². The van der Waals surface area contributed by atoms with E-state index in [1.54, 1.807) is 17.5 Å². The van der Waals surface area contributed by atoms with Crippen molar-refractivity contribution in [2.24, 2.45) is 10.3 Å². The number of anilines is 2. The van der Waals surface area contributed by atoms with Gasteiger partial charge in [-0.3, -0.25) is 0 Å². The molecule has 32 heavy (non-hydrogen) atoms. The highest BCUT2D eigenvalue weighted by Crippen LogP contribution is 2.37. The van der Waals surface area contributed by atoms with Gasteiger partial charge in [0.05, 0.1) is 0 Å². The lowest BCUT2D eigenvalue weighted by atomic mass is 10.1. The zero-order chi connectivity index (χ0) is 23.1. The van der Waals surface area contributed by atoms with Crippen molar-refractivity contribution in [3.05, 3.63) is 64.7 Å². The second kappa shape index (κ2) is 11.0. The van der Waals surface area contributed by atoms with Gasteiger partial charge in [0.15, 0.2) is 17.8 Å². The smallest absolute Gasteiger partial charge is 0.192 e. The van der Waals surface area contributed by atoms with E-state index in [0.29, 0.717) is 5.69 Å². The molecule has 1 aromatic carbocycles. The lowest BCUT2D eigenvalue weighted by Crippen LogP contribution is -2.33. The van der Waals surface area contributed by atoms with Crippen LogP contribution < -0.4 is 21.6 Å². The molecular weight excluding hydrogens is 432 g/mol. The summed E-state index contributed by atoms with van der Waals surface area (Å²) in [6.45, 7) is 7.94. The van der Waals surface area contributed by atoms with Gasteiger partial charge in [0.2, 0.25) is 0 Å². The average molecular weight is 460 g/mol. The molecule has 2 aromatic heterocycles. The highest BCUT2D eigenvalue weighted by Gasteiger charge is 2.30. The third-order valence-corrected chi connectivity index (χ3v) is 5.92. The van der Waals surface area contributed by atoms with Crippen LogP contribution in [0.25, 0.3) is 10.4 Å². The molecule has 4 N–H and O–H groups in total. The number of hydrogen-bond donors (Lipinski definition) is 3. The maximum Gasteiger partial charge on any atom is 0.192 e. The normalized spacial score (nSPS) is 14.8. The predicted molar refractivity (Wildman–Crippen MR) is 125 cm³/mol. The first-order valence-electron chi connectivity index (χ1n) is 10.5. The van der Waals surface area contributed by atoms with Gasteiger partial charge >= 0.3 is 0 Å². The number of nitrogens with one attached hydrogen (secondary N) is 2. The predicted octanol–water partition coefficient (Wildman–Crippen LogP) is 5.24. The number of nitrogen functional groups attached to an aromatic ring is 1. The molecule has 4 rings (SSSR count). The van der Waals surface area contributed by atoms with E-state index in [0.717, 1.165) is 36.0 Å². The Hall–Kier alpha value is -3.11. The van der Waals surface area contributed by atoms with Gasteiger partial charge in [0.25, 0.3) is 0 Å². The van der Waals surface area contributed by atoms with Crippen molar-refractivity contribution in [2.75, 3.05) is 23.8 Å². The molecule has 1 aliphatic heterocycles. The van der Waals surface area contributed by atoms with Gasteiger partial charge in [-0.15, -0.1) is 16.5 Å². The van der Waals surface area contributed by atoms with Crippen LogP contribution >= 0.6 is 11.3 Å². The van der Waals surface area contributed by atoms with Gasteiger partial charge in [-0.25, -0.2) is 18.8 Å². The molecule has 7 nitrogen and oxygen atoms in total. The molecule has 10 heteroatoms. The highest BCUT2D eigenvalue weighted by atomic mass is 32.1. The number of aromatic nitrogens is 1. The standard InChI is InChI=1S/C20H21F2N7S.C2H6/c1-2-24-9-8-13-6-7-17(30-13)12-10-16(19(23)25-11-12)29-20(26-27-28-29)14-4-3-5-15(21)18(14)22;1-2/h3-7,10-11,20,24H,2,8-9H2,1H3,(H2,23,25)(H,26,28);1-2H3. The van der Waals surface area contributed by atoms with E-state index < -0.39 is 17.8 Å². The fourth-order valence-electron chi connectivity index (χ4n) is 3.19. The molecule has 0 saturated heterocycles. The van der Waals surface area contributed by atoms with Crippen LogP contribution in [0.15, 0.2) is 52.9 Å². The minimum absolute atomic E-state index is 0.0513. The summed E-state index contributed by atoms with van der Waals surface area (Å²) in [5.41, 5.74) is 10.2. The van der Waals surface area contributed by atoms with E-state index in [4.69, 9.17) is 5.73 Å². The summed E-state index contributed by atoms with van der Waals surface area (Å²) < 4.78 is 28.1. The topological polar surface area (TPSA) is 90.9 Å². The van der Waals surface area contributed by atoms with E-state index in [-0.39, 0.29) is 11.4 Å². The Kier molecular flexibility index (Phi) is 8.07. The maximum atomic E-state index is 14.3. The number of rotatable bonds is 7. The molecule has 1 aliphatic rings. The van der Waals surface area contributed by atoms with Crippen molar-refractivity contribution in [3.8, 4) is 10.4 Å². The molecule has 0 bridgehead atoms. The molecular formula is C22H27F2N7S. The van der Waals surface area contributed by atoms with Crippen LogP contribution in [-0.4, -0.2) is 18.1 Å². The molecule has 0 aliphatic carbocycles. The van der Waals surface area contributed by atoms with Gasteiger partial charge in [-0.05, 0) is 43.8 Å². The molecule has 170 valence electrons. The van der Waals surface area contributed by atoms with Crippen molar-refractivity contribution in [1.82, 2.24) is 15.8 Å². The summed E-state index contributed by atoms with van der Waals surface area (Å²) in [7, 11) is 0. The fourth-order valence-corrected chi connectivity index (χ4v) is 4.18. The summed E-state index contributed by atoms with van der Waals surface area (Å²) in [6.07, 6.45) is 1.74. The summed E-state index contributed by atoms with van der Waals surface area (Å²) >= 11 is 1.68. The number of likely N-dealkylation sites (N-methyl/N-ethyl adjacent to an activating group) is 1. The fraction of sp³-hybridized carbons (Fsp3) is 0.318. The van der Waals surface area contributed by atoms with E-state index in [1.165, 1.54) is 22.0 Å². The lowest BCUT2D eigenvalue weighted by molar-refractivity contribution is 0.486. The molecule has 0 spiro atoms. The lowest BCUT2D eigenvalue weighted by Gasteiger charge is -2.24. The minimum atomic E-state index is -0.971. The van der Waals surface area contributed by atoms with E-state index in [9.17, 15) is 8.78 Å². The number of halogens is 2. The molecule has 0 amide bonds. The van der Waals surface area contributed by atoms with Crippen LogP contribution in [0, 0.1) is 11.6 Å².